The van der Waals surface area contributed by atoms with Crippen molar-refractivity contribution < 1.29 is 28.0 Å². The number of nitrogens with one attached hydrogen (secondary N) is 1. The Morgan fingerprint density at radius 1 is 1.07 bits per heavy atom. The Kier molecular flexibility index (Phi) is 5.37. The first-order chi connectivity index (χ1) is 14.5. The summed E-state index contributed by atoms with van der Waals surface area (Å²) in [6.45, 7) is 1.92. The highest BCUT2D eigenvalue weighted by Gasteiger charge is 2.17. The smallest absolute Gasteiger partial charge is 0.279 e. The number of carbonyl (C=O) groups is 1. The molecule has 0 saturated heterocycles. The van der Waals surface area contributed by atoms with E-state index in [4.69, 9.17) is 9.15 Å². The molecule has 1 atom stereocenters. The van der Waals surface area contributed by atoms with Crippen molar-refractivity contribution in [2.75, 3.05) is 19.0 Å². The minimum absolute atomic E-state index is 0.0987. The maximum atomic E-state index is 13.4. The van der Waals surface area contributed by atoms with Gasteiger partial charge in [0.15, 0.2) is 18.2 Å². The van der Waals surface area contributed by atoms with Crippen LogP contribution in [0.4, 0.5) is 14.5 Å². The molecule has 0 spiro atoms. The number of carbonyl (C=O) groups excluding carboxylic acids is 1. The van der Waals surface area contributed by atoms with Gasteiger partial charge in [0.05, 0.1) is 12.8 Å². The fraction of sp³-hybridized carbons (Fsp3) is 0.174. The van der Waals surface area contributed by atoms with Crippen molar-refractivity contribution in [1.82, 2.24) is 0 Å². The highest BCUT2D eigenvalue weighted by molar-refractivity contribution is 6.07. The van der Waals surface area contributed by atoms with E-state index in [0.29, 0.717) is 22.6 Å². The predicted octanol–water partition coefficient (Wildman–Crippen LogP) is 4.14. The van der Waals surface area contributed by atoms with Gasteiger partial charge in [-0.15, -0.1) is 0 Å². The van der Waals surface area contributed by atoms with Gasteiger partial charge in [0.25, 0.3) is 5.91 Å². The number of nitrogens with two attached hydrogens (primary N) is 1. The summed E-state index contributed by atoms with van der Waals surface area (Å²) in [5, 5.41) is 6.45. The summed E-state index contributed by atoms with van der Waals surface area (Å²) in [4.78, 5) is 12.5. The van der Waals surface area contributed by atoms with Crippen LogP contribution in [0.5, 0.6) is 5.75 Å². The van der Waals surface area contributed by atoms with Gasteiger partial charge in [0, 0.05) is 22.4 Å². The molecule has 0 radical (unpaired) electrons. The number of quaternary nitrogens is 1. The van der Waals surface area contributed by atoms with Crippen LogP contribution in [0.3, 0.4) is 0 Å². The number of amides is 1. The third-order valence-corrected chi connectivity index (χ3v) is 5.10. The van der Waals surface area contributed by atoms with Gasteiger partial charge in [0.2, 0.25) is 0 Å². The van der Waals surface area contributed by atoms with Crippen molar-refractivity contribution >= 4 is 33.5 Å². The number of halogens is 2. The molecule has 7 heteroatoms. The number of hydrogen-bond donors (Lipinski definition) is 2. The summed E-state index contributed by atoms with van der Waals surface area (Å²) in [7, 11) is 1.54. The van der Waals surface area contributed by atoms with Gasteiger partial charge in [-0.25, -0.2) is 8.78 Å². The Morgan fingerprint density at radius 2 is 1.87 bits per heavy atom. The Morgan fingerprint density at radius 3 is 2.63 bits per heavy atom. The van der Waals surface area contributed by atoms with Crippen LogP contribution in [-0.4, -0.2) is 19.6 Å². The van der Waals surface area contributed by atoms with Gasteiger partial charge < -0.3 is 19.8 Å². The van der Waals surface area contributed by atoms with E-state index in [0.717, 1.165) is 28.5 Å². The third kappa shape index (κ3) is 3.84. The fourth-order valence-corrected chi connectivity index (χ4v) is 3.43. The van der Waals surface area contributed by atoms with E-state index in [1.54, 1.807) is 11.4 Å². The Balaban J connectivity index is 1.49. The molecule has 4 rings (SSSR count). The van der Waals surface area contributed by atoms with Crippen LogP contribution in [0.15, 0.2) is 59.0 Å². The lowest BCUT2D eigenvalue weighted by Gasteiger charge is -2.13. The summed E-state index contributed by atoms with van der Waals surface area (Å²) >= 11 is 0. The number of hydrogen-bond acceptors (Lipinski definition) is 3. The minimum Gasteiger partial charge on any atom is -0.495 e. The first kappa shape index (κ1) is 19.8. The zero-order chi connectivity index (χ0) is 21.3. The minimum atomic E-state index is -0.902. The van der Waals surface area contributed by atoms with Gasteiger partial charge in [-0.05, 0) is 37.3 Å². The van der Waals surface area contributed by atoms with Crippen molar-refractivity contribution in [3.8, 4) is 5.75 Å². The van der Waals surface area contributed by atoms with Crippen molar-refractivity contribution in [2.24, 2.45) is 0 Å². The van der Waals surface area contributed by atoms with E-state index < -0.39 is 11.6 Å². The molecule has 0 aliphatic carbocycles. The van der Waals surface area contributed by atoms with Crippen molar-refractivity contribution in [3.63, 3.8) is 0 Å². The maximum absolute atomic E-state index is 13.4. The monoisotopic (exact) mass is 411 g/mol. The highest BCUT2D eigenvalue weighted by atomic mass is 19.2. The average molecular weight is 411 g/mol. The average Bonchev–Trinajstić information content (AvgIpc) is 3.10. The lowest BCUT2D eigenvalue weighted by atomic mass is 10.1. The topological polar surface area (TPSA) is 68.1 Å². The number of benzene rings is 3. The molecular formula is C23H21F2N2O3+. The maximum Gasteiger partial charge on any atom is 0.279 e. The van der Waals surface area contributed by atoms with E-state index >= 15 is 0 Å². The number of furan rings is 1. The quantitative estimate of drug-likeness (QED) is 0.501. The number of para-hydroxylation sites is 1. The van der Waals surface area contributed by atoms with Crippen molar-refractivity contribution in [1.29, 1.82) is 0 Å². The number of rotatable bonds is 6. The van der Waals surface area contributed by atoms with Crippen LogP contribution < -0.4 is 15.4 Å². The molecule has 0 aliphatic rings. The zero-order valence-corrected chi connectivity index (χ0v) is 16.5. The summed E-state index contributed by atoms with van der Waals surface area (Å²) in [5.41, 5.74) is 2.50. The Bertz CT molecular complexity index is 1240. The van der Waals surface area contributed by atoms with Gasteiger partial charge in [-0.2, -0.15) is 0 Å². The van der Waals surface area contributed by atoms with Gasteiger partial charge in [-0.3, -0.25) is 4.79 Å². The standard InChI is InChI=1S/C23H20F2N2O3/c1-13(14-7-8-17(24)18(25)9-14)26-12-23(28)27-19-11-21-16(10-22(19)29-2)15-5-3-4-6-20(15)30-21/h3-11,13,26H,12H2,1-2H3,(H,27,28)/p+1/t13-/m1/s1. The summed E-state index contributed by atoms with van der Waals surface area (Å²) in [5.74, 6) is -1.52. The van der Waals surface area contributed by atoms with Gasteiger partial charge in [-0.1, -0.05) is 18.2 Å². The predicted molar refractivity (Wildman–Crippen MR) is 110 cm³/mol. The van der Waals surface area contributed by atoms with Gasteiger partial charge >= 0.3 is 0 Å². The SMILES string of the molecule is COc1cc2c(cc1NC(=O)C[NH2+][C@H](C)c1ccc(F)c(F)c1)oc1ccccc12. The number of ether oxygens (including phenoxy) is 1. The molecular weight excluding hydrogens is 390 g/mol. The second kappa shape index (κ2) is 8.12. The molecule has 0 saturated carbocycles. The number of anilines is 1. The molecule has 30 heavy (non-hydrogen) atoms. The lowest BCUT2D eigenvalue weighted by molar-refractivity contribution is -0.682. The largest absolute Gasteiger partial charge is 0.495 e. The Labute approximate surface area is 171 Å². The van der Waals surface area contributed by atoms with Crippen LogP contribution in [0.2, 0.25) is 0 Å². The van der Waals surface area contributed by atoms with Crippen molar-refractivity contribution in [2.45, 2.75) is 13.0 Å². The molecule has 5 nitrogen and oxygen atoms in total. The molecule has 1 aromatic heterocycles. The molecule has 3 N–H and O–H groups in total. The van der Waals surface area contributed by atoms with Crippen LogP contribution >= 0.6 is 0 Å². The molecule has 0 aliphatic heterocycles. The number of methoxy groups -OCH3 is 1. The Hall–Kier alpha value is -3.45. The normalized spacial score (nSPS) is 12.3. The van der Waals surface area contributed by atoms with Crippen LogP contribution in [0.1, 0.15) is 18.5 Å². The molecule has 0 bridgehead atoms. The summed E-state index contributed by atoms with van der Waals surface area (Å²) < 4.78 is 37.8. The molecule has 154 valence electrons. The fourth-order valence-electron chi connectivity index (χ4n) is 3.43. The first-order valence-corrected chi connectivity index (χ1v) is 9.53. The third-order valence-electron chi connectivity index (χ3n) is 5.10. The summed E-state index contributed by atoms with van der Waals surface area (Å²) in [6.07, 6.45) is 0. The van der Waals surface area contributed by atoms with E-state index in [2.05, 4.69) is 5.32 Å². The van der Waals surface area contributed by atoms with Crippen LogP contribution in [-0.2, 0) is 4.79 Å². The molecule has 3 aromatic carbocycles. The van der Waals surface area contributed by atoms with E-state index in [-0.39, 0.29) is 18.5 Å². The van der Waals surface area contributed by atoms with E-state index in [9.17, 15) is 13.6 Å². The molecule has 1 amide bonds. The van der Waals surface area contributed by atoms with Crippen LogP contribution in [0, 0.1) is 11.6 Å². The van der Waals surface area contributed by atoms with Crippen LogP contribution in [0.25, 0.3) is 21.9 Å². The second-order valence-corrected chi connectivity index (χ2v) is 7.10. The second-order valence-electron chi connectivity index (χ2n) is 7.10. The van der Waals surface area contributed by atoms with E-state index in [1.807, 2.05) is 37.3 Å². The summed E-state index contributed by atoms with van der Waals surface area (Å²) in [6, 6.07) is 14.8. The first-order valence-electron chi connectivity index (χ1n) is 9.53. The lowest BCUT2D eigenvalue weighted by Crippen LogP contribution is -2.86. The highest BCUT2D eigenvalue weighted by Crippen LogP contribution is 2.36. The number of fused-ring (bicyclic) bond motifs is 3. The molecule has 4 aromatic rings. The van der Waals surface area contributed by atoms with Crippen molar-refractivity contribution in [3.05, 3.63) is 71.8 Å². The molecule has 0 unspecified atom stereocenters. The van der Waals surface area contributed by atoms with E-state index in [1.165, 1.54) is 13.2 Å². The molecule has 1 heterocycles. The molecule has 0 fully saturated rings. The van der Waals surface area contributed by atoms with Gasteiger partial charge in [0.1, 0.15) is 23.0 Å². The zero-order valence-electron chi connectivity index (χ0n) is 16.5.